The van der Waals surface area contributed by atoms with Crippen LogP contribution in [-0.4, -0.2) is 27.6 Å². The summed E-state index contributed by atoms with van der Waals surface area (Å²) in [5.74, 6) is -2.07. The fraction of sp³-hybridized carbons (Fsp3) is 0.118. The number of nitrogens with zero attached hydrogens (tertiary/aromatic N) is 1. The van der Waals surface area contributed by atoms with Crippen LogP contribution in [0, 0.1) is 11.6 Å². The second-order valence-electron chi connectivity index (χ2n) is 5.55. The number of pyridine rings is 1. The van der Waals surface area contributed by atoms with Crippen LogP contribution in [0.5, 0.6) is 23.0 Å². The van der Waals surface area contributed by atoms with Gasteiger partial charge >= 0.3 is 0 Å². The molecule has 1 aromatic heterocycles. The first-order valence-electron chi connectivity index (χ1n) is 7.70. The number of ether oxygens (including phenoxy) is 3. The Bertz CT molecular complexity index is 1130. The van der Waals surface area contributed by atoms with E-state index in [2.05, 4.69) is 4.98 Å². The van der Waals surface area contributed by atoms with Gasteiger partial charge < -0.3 is 14.2 Å². The zero-order chi connectivity index (χ0) is 20.5. The molecule has 1 heterocycles. The van der Waals surface area contributed by atoms with Crippen LogP contribution in [0.2, 0.25) is 0 Å². The van der Waals surface area contributed by atoms with Crippen LogP contribution < -0.4 is 24.1 Å². The van der Waals surface area contributed by atoms with Gasteiger partial charge in [0.1, 0.15) is 5.75 Å². The van der Waals surface area contributed by atoms with E-state index in [1.54, 1.807) is 16.9 Å². The third-order valence-corrected chi connectivity index (χ3v) is 4.20. The molecule has 11 heteroatoms. The van der Waals surface area contributed by atoms with Crippen molar-refractivity contribution in [3.63, 3.8) is 0 Å². The molecule has 0 unspecified atom stereocenters. The molecule has 28 heavy (non-hydrogen) atoms. The lowest BCUT2D eigenvalue weighted by Crippen LogP contribution is -2.21. The van der Waals surface area contributed by atoms with Gasteiger partial charge in [-0.1, -0.05) is 0 Å². The van der Waals surface area contributed by atoms with E-state index < -0.39 is 27.6 Å². The Morgan fingerprint density at radius 1 is 1.00 bits per heavy atom. The normalized spacial score (nSPS) is 11.3. The van der Waals surface area contributed by atoms with Crippen molar-refractivity contribution in [3.8, 4) is 23.0 Å². The summed E-state index contributed by atoms with van der Waals surface area (Å²) in [4.78, 5) is 4.17. The number of nitrogens with two attached hydrogens (primary N) is 1. The summed E-state index contributed by atoms with van der Waals surface area (Å²) in [6, 6.07) is 6.06. The van der Waals surface area contributed by atoms with Crippen molar-refractivity contribution >= 4 is 26.8 Å². The van der Waals surface area contributed by atoms with Gasteiger partial charge in [-0.15, -0.1) is 0 Å². The number of benzene rings is 2. The summed E-state index contributed by atoms with van der Waals surface area (Å²) in [6.45, 7) is 0. The molecule has 0 radical (unpaired) electrons. The van der Waals surface area contributed by atoms with E-state index >= 15 is 0 Å². The molecule has 0 saturated heterocycles. The largest absolute Gasteiger partial charge is 0.493 e. The Hall–Kier alpha value is -3.18. The molecule has 0 aliphatic rings. The number of nitrogens with one attached hydrogen (secondary N) is 1. The highest BCUT2D eigenvalue weighted by Gasteiger charge is 2.18. The summed E-state index contributed by atoms with van der Waals surface area (Å²) in [6.07, 6.45) is 1.40. The topological polar surface area (TPSA) is 113 Å². The Balaban J connectivity index is 2.05. The molecule has 0 spiro atoms. The first-order chi connectivity index (χ1) is 13.2. The van der Waals surface area contributed by atoms with Gasteiger partial charge in [0.05, 0.1) is 25.4 Å². The van der Waals surface area contributed by atoms with Crippen molar-refractivity contribution in [1.29, 1.82) is 0 Å². The third kappa shape index (κ3) is 4.05. The van der Waals surface area contributed by atoms with E-state index in [1.165, 1.54) is 26.5 Å². The smallest absolute Gasteiger partial charge is 0.296 e. The molecule has 3 aromatic rings. The minimum atomic E-state index is -4.18. The third-order valence-electron chi connectivity index (χ3n) is 3.68. The molecule has 0 aliphatic carbocycles. The summed E-state index contributed by atoms with van der Waals surface area (Å²) in [5, 5.41) is 5.22. The first-order valence-corrected chi connectivity index (χ1v) is 9.24. The highest BCUT2D eigenvalue weighted by Crippen LogP contribution is 2.38. The highest BCUT2D eigenvalue weighted by molar-refractivity contribution is 7.90. The number of rotatable bonds is 6. The molecule has 0 amide bonds. The number of anilines is 1. The zero-order valence-electron chi connectivity index (χ0n) is 14.7. The fourth-order valence-corrected chi connectivity index (χ4v) is 2.97. The molecule has 8 nitrogen and oxygen atoms in total. The number of fused-ring (bicyclic) bond motifs is 1. The summed E-state index contributed by atoms with van der Waals surface area (Å²) in [7, 11) is -1.28. The quantitative estimate of drug-likeness (QED) is 0.645. The maximum Gasteiger partial charge on any atom is 0.296 e. The number of aromatic nitrogens is 1. The molecule has 0 saturated carbocycles. The Labute approximate surface area is 159 Å². The second kappa shape index (κ2) is 7.44. The summed E-state index contributed by atoms with van der Waals surface area (Å²) < 4.78 is 68.3. The van der Waals surface area contributed by atoms with Crippen LogP contribution in [0.4, 0.5) is 14.5 Å². The molecule has 0 aliphatic heterocycles. The van der Waals surface area contributed by atoms with Crippen molar-refractivity contribution < 1.29 is 31.4 Å². The number of halogens is 2. The van der Waals surface area contributed by atoms with Gasteiger partial charge in [0, 0.05) is 29.8 Å². The predicted octanol–water partition coefficient (Wildman–Crippen LogP) is 2.94. The van der Waals surface area contributed by atoms with Crippen LogP contribution >= 0.6 is 0 Å². The summed E-state index contributed by atoms with van der Waals surface area (Å²) >= 11 is 0. The van der Waals surface area contributed by atoms with Gasteiger partial charge in [-0.05, 0) is 12.1 Å². The molecular weight excluding hydrogens is 396 g/mol. The number of methoxy groups -OCH3 is 2. The maximum atomic E-state index is 14.3. The van der Waals surface area contributed by atoms with E-state index in [9.17, 15) is 17.2 Å². The second-order valence-corrected chi connectivity index (χ2v) is 6.85. The van der Waals surface area contributed by atoms with E-state index in [0.717, 1.165) is 12.1 Å². The van der Waals surface area contributed by atoms with E-state index in [1.807, 2.05) is 0 Å². The van der Waals surface area contributed by atoms with Crippen LogP contribution in [0.15, 0.2) is 36.5 Å². The predicted molar refractivity (Wildman–Crippen MR) is 98.0 cm³/mol. The average Bonchev–Trinajstić information content (AvgIpc) is 2.62. The molecule has 148 valence electrons. The van der Waals surface area contributed by atoms with Gasteiger partial charge in [-0.25, -0.2) is 13.9 Å². The van der Waals surface area contributed by atoms with Crippen LogP contribution in [0.3, 0.4) is 0 Å². The minimum absolute atomic E-state index is 0.107. The van der Waals surface area contributed by atoms with E-state index in [4.69, 9.17) is 19.3 Å². The average molecular weight is 411 g/mol. The standard InChI is InChI=1S/C17H15F2N3O5S/c1-25-15-7-10-13(8-16(15)26-2)21-4-3-14(10)27-17-11(18)5-9(6-12(17)19)22-28(20,23)24/h3-8,22H,1-2H3,(H2,20,23,24). The first kappa shape index (κ1) is 19.6. The Morgan fingerprint density at radius 2 is 1.61 bits per heavy atom. The van der Waals surface area contributed by atoms with Crippen molar-refractivity contribution in [2.24, 2.45) is 5.14 Å². The van der Waals surface area contributed by atoms with Crippen LogP contribution in [0.1, 0.15) is 0 Å². The molecule has 3 rings (SSSR count). The maximum absolute atomic E-state index is 14.3. The van der Waals surface area contributed by atoms with E-state index in [-0.39, 0.29) is 11.4 Å². The lowest BCUT2D eigenvalue weighted by Gasteiger charge is -2.14. The fourth-order valence-electron chi connectivity index (χ4n) is 2.53. The van der Waals surface area contributed by atoms with Crippen molar-refractivity contribution in [2.75, 3.05) is 18.9 Å². The highest BCUT2D eigenvalue weighted by atomic mass is 32.2. The monoisotopic (exact) mass is 411 g/mol. The van der Waals surface area contributed by atoms with Crippen LogP contribution in [0.25, 0.3) is 10.9 Å². The molecule has 0 fully saturated rings. The molecular formula is C17H15F2N3O5S. The lowest BCUT2D eigenvalue weighted by atomic mass is 10.1. The van der Waals surface area contributed by atoms with Crippen molar-refractivity contribution in [1.82, 2.24) is 4.98 Å². The van der Waals surface area contributed by atoms with Gasteiger partial charge in [-0.3, -0.25) is 9.71 Å². The number of hydrogen-bond acceptors (Lipinski definition) is 6. The molecule has 0 bridgehead atoms. The van der Waals surface area contributed by atoms with Gasteiger partial charge in [-0.2, -0.15) is 8.42 Å². The molecule has 3 N–H and O–H groups in total. The SMILES string of the molecule is COc1cc2nccc(Oc3c(F)cc(NS(N)(=O)=O)cc3F)c2cc1OC. The molecule has 2 aromatic carbocycles. The van der Waals surface area contributed by atoms with Crippen molar-refractivity contribution in [3.05, 3.63) is 48.2 Å². The Kier molecular flexibility index (Phi) is 5.21. The van der Waals surface area contributed by atoms with Gasteiger partial charge in [0.2, 0.25) is 0 Å². The minimum Gasteiger partial charge on any atom is -0.493 e. The summed E-state index contributed by atoms with van der Waals surface area (Å²) in [5.41, 5.74) is 0.0688. The van der Waals surface area contributed by atoms with Crippen molar-refractivity contribution in [2.45, 2.75) is 0 Å². The number of hydrogen-bond donors (Lipinski definition) is 2. The van der Waals surface area contributed by atoms with Gasteiger partial charge in [0.15, 0.2) is 28.9 Å². The molecule has 0 atom stereocenters. The zero-order valence-corrected chi connectivity index (χ0v) is 15.5. The van der Waals surface area contributed by atoms with E-state index in [0.29, 0.717) is 22.4 Å². The lowest BCUT2D eigenvalue weighted by molar-refractivity contribution is 0.355. The van der Waals surface area contributed by atoms with Gasteiger partial charge in [0.25, 0.3) is 10.2 Å². The Morgan fingerprint density at radius 3 is 2.18 bits per heavy atom. The van der Waals surface area contributed by atoms with Crippen LogP contribution in [-0.2, 0) is 10.2 Å².